The maximum absolute atomic E-state index is 12.8. The van der Waals surface area contributed by atoms with Gasteiger partial charge in [0.05, 0.1) is 16.9 Å². The normalized spacial score (nSPS) is 10.9. The minimum Gasteiger partial charge on any atom is -0.744 e. The molecule has 0 aliphatic rings. The number of aromatic nitrogens is 6. The second-order valence-electron chi connectivity index (χ2n) is 13.7. The number of benzene rings is 6. The van der Waals surface area contributed by atoms with Gasteiger partial charge in [0.1, 0.15) is 10.1 Å². The molecular formula is C45H36N12Na2O6S2. The Hall–Kier alpha value is -5.98. The number of hydrogen-bond acceptors (Lipinski definition) is 19. The molecular weight excluding hydrogens is 915 g/mol. The molecule has 6 aromatic carbocycles. The summed E-state index contributed by atoms with van der Waals surface area (Å²) in [5, 5.41) is 30.5. The molecule has 0 aliphatic heterocycles. The van der Waals surface area contributed by atoms with E-state index in [-0.39, 0.29) is 100 Å². The maximum Gasteiger partial charge on any atom is 1.00 e. The monoisotopic (exact) mass is 950 g/mol. The van der Waals surface area contributed by atoms with Crippen LogP contribution in [0.3, 0.4) is 0 Å². The van der Waals surface area contributed by atoms with Crippen molar-refractivity contribution in [2.24, 2.45) is 0 Å². The van der Waals surface area contributed by atoms with Crippen molar-refractivity contribution >= 4 is 104 Å². The first kappa shape index (κ1) is 50.4. The van der Waals surface area contributed by atoms with Crippen molar-refractivity contribution in [3.05, 3.63) is 169 Å². The van der Waals surface area contributed by atoms with Crippen LogP contribution in [0.2, 0.25) is 0 Å². The molecule has 5 N–H and O–H groups in total. The third kappa shape index (κ3) is 14.3. The number of nitrogens with one attached hydrogen (secondary N) is 5. The summed E-state index contributed by atoms with van der Waals surface area (Å²) in [5.74, 6) is 1.27. The molecule has 67 heavy (non-hydrogen) atoms. The topological polar surface area (TPSA) is 239 Å². The van der Waals surface area contributed by atoms with Crippen LogP contribution in [0, 0.1) is 0 Å². The van der Waals surface area contributed by atoms with E-state index in [1.54, 1.807) is 37.4 Å². The zero-order chi connectivity index (χ0) is 45.0. The van der Waals surface area contributed by atoms with Crippen LogP contribution in [0.4, 0.5) is 69.8 Å². The summed E-state index contributed by atoms with van der Waals surface area (Å²) in [6.07, 6.45) is 3.02. The van der Waals surface area contributed by atoms with Gasteiger partial charge >= 0.3 is 59.1 Å². The smallest absolute Gasteiger partial charge is 0.744 e. The van der Waals surface area contributed by atoms with E-state index in [4.69, 9.17) is 4.33 Å². The molecule has 0 aliphatic carbocycles. The molecule has 0 saturated carbocycles. The van der Waals surface area contributed by atoms with Crippen LogP contribution in [-0.2, 0) is 19.5 Å². The number of rotatable bonds is 18. The van der Waals surface area contributed by atoms with Crippen LogP contribution in [0.25, 0.3) is 12.2 Å². The van der Waals surface area contributed by atoms with E-state index < -0.39 is 15.0 Å². The van der Waals surface area contributed by atoms with E-state index in [9.17, 15) is 18.2 Å². The van der Waals surface area contributed by atoms with Crippen molar-refractivity contribution < 1.29 is 86.7 Å². The second-order valence-corrected chi connectivity index (χ2v) is 15.8. The number of nitrogens with zero attached hydrogens (tertiary/aromatic N) is 7. The standard InChI is InChI=1S/C45H38N12O6S2.2Na/c1-57(45-55-43(48-34-18-10-4-11-19-34)54-44(56-45)49-35-20-12-5-13-21-35)37-27-25-31(39(29-37)65(59,60)61)23-22-30-24-26-36(28-38(30)64-63-62-58)50-42-52-40(46-32-14-6-2-7-15-32)51-41(53-42)47-33-16-8-3-9-17-33;;/h2-29,58H,1H3,(H,59,60,61)(H2,48,49,54,55,56)(H3,46,47,50,51,52,53);;/q;2*+1/p-2/b23-22+;;. The molecule has 0 fully saturated rings. The average molecular weight is 951 g/mol. The molecule has 326 valence electrons. The zero-order valence-corrected chi connectivity index (χ0v) is 41.7. The Bertz CT molecular complexity index is 2910. The summed E-state index contributed by atoms with van der Waals surface area (Å²) in [5.41, 5.74) is 4.33. The van der Waals surface area contributed by atoms with E-state index in [0.29, 0.717) is 33.9 Å². The predicted molar refractivity (Wildman–Crippen MR) is 248 cm³/mol. The van der Waals surface area contributed by atoms with Crippen LogP contribution < -0.4 is 95.9 Å². The largest absolute Gasteiger partial charge is 1.00 e. The average Bonchev–Trinajstić information content (AvgIpc) is 3.31. The number of anilines is 12. The molecule has 8 rings (SSSR count). The zero-order valence-electron chi connectivity index (χ0n) is 36.1. The van der Waals surface area contributed by atoms with Gasteiger partial charge in [0.15, 0.2) is 0 Å². The van der Waals surface area contributed by atoms with Crippen molar-refractivity contribution in [2.45, 2.75) is 9.79 Å². The summed E-state index contributed by atoms with van der Waals surface area (Å²) in [6.45, 7) is 0. The van der Waals surface area contributed by atoms with E-state index in [2.05, 4.69) is 61.5 Å². The van der Waals surface area contributed by atoms with Gasteiger partial charge in [-0.25, -0.2) is 8.42 Å². The summed E-state index contributed by atoms with van der Waals surface area (Å²) in [7, 11) is -3.39. The first-order chi connectivity index (χ1) is 31.6. The van der Waals surface area contributed by atoms with Gasteiger partial charge in [0.25, 0.3) is 0 Å². The molecule has 0 bridgehead atoms. The van der Waals surface area contributed by atoms with Gasteiger partial charge in [-0.2, -0.15) is 34.2 Å². The van der Waals surface area contributed by atoms with E-state index in [1.807, 2.05) is 121 Å². The van der Waals surface area contributed by atoms with E-state index in [0.717, 1.165) is 22.7 Å². The SMILES string of the molecule is CN(c1ccc(/C=C/c2ccc(Nc3nc(Nc4ccccc4)nc(Nc4ccccc4)n3)cc2SOO[O-])c(S(=O)(=O)[O-])c1)c1nc(Nc2ccccc2)nc(Nc2ccccc2)n1.[Na+].[Na+]. The van der Waals surface area contributed by atoms with E-state index >= 15 is 0 Å². The molecule has 0 spiro atoms. The molecule has 2 heterocycles. The number of para-hydroxylation sites is 4. The molecule has 0 saturated heterocycles. The van der Waals surface area contributed by atoms with Crippen LogP contribution in [0.15, 0.2) is 168 Å². The van der Waals surface area contributed by atoms with Crippen molar-refractivity contribution in [1.82, 2.24) is 29.9 Å². The van der Waals surface area contributed by atoms with Gasteiger partial charge in [0, 0.05) is 46.1 Å². The van der Waals surface area contributed by atoms with Gasteiger partial charge in [-0.05, 0) is 83.9 Å². The molecule has 22 heteroatoms. The fourth-order valence-electron chi connectivity index (χ4n) is 6.16. The molecule has 8 aromatic rings. The van der Waals surface area contributed by atoms with Crippen molar-refractivity contribution in [2.75, 3.05) is 38.5 Å². The van der Waals surface area contributed by atoms with Crippen molar-refractivity contribution in [3.63, 3.8) is 0 Å². The van der Waals surface area contributed by atoms with Crippen LogP contribution >= 0.6 is 12.0 Å². The van der Waals surface area contributed by atoms with Gasteiger partial charge in [-0.3, -0.25) is 5.04 Å². The molecule has 0 atom stereocenters. The molecule has 0 unspecified atom stereocenters. The van der Waals surface area contributed by atoms with Crippen molar-refractivity contribution in [3.8, 4) is 0 Å². The van der Waals surface area contributed by atoms with Gasteiger partial charge in [-0.1, -0.05) is 97.1 Å². The Morgan fingerprint density at radius 1 is 0.522 bits per heavy atom. The quantitative estimate of drug-likeness (QED) is 0.0208. The molecule has 2 aromatic heterocycles. The first-order valence-corrected chi connectivity index (χ1v) is 21.7. The van der Waals surface area contributed by atoms with Gasteiger partial charge in [-0.15, -0.1) is 0 Å². The van der Waals surface area contributed by atoms with Crippen LogP contribution in [0.1, 0.15) is 11.1 Å². The molecule has 0 amide bonds. The molecule has 18 nitrogen and oxygen atoms in total. The summed E-state index contributed by atoms with van der Waals surface area (Å²) >= 11 is 0.614. The first-order valence-electron chi connectivity index (χ1n) is 19.5. The number of hydrogen-bond donors (Lipinski definition) is 5. The summed E-state index contributed by atoms with van der Waals surface area (Å²) < 4.78 is 43.1. The molecule has 0 radical (unpaired) electrons. The van der Waals surface area contributed by atoms with E-state index in [1.165, 1.54) is 23.1 Å². The fourth-order valence-corrected chi connectivity index (χ4v) is 7.35. The second kappa shape index (κ2) is 24.2. The van der Waals surface area contributed by atoms with Gasteiger partial charge < -0.3 is 41.3 Å². The van der Waals surface area contributed by atoms with Crippen LogP contribution in [0.5, 0.6) is 0 Å². The predicted octanol–water partition coefficient (Wildman–Crippen LogP) is 2.86. The Balaban J connectivity index is 0.00000370. The minimum absolute atomic E-state index is 0. The van der Waals surface area contributed by atoms with Crippen LogP contribution in [-0.4, -0.2) is 49.9 Å². The summed E-state index contributed by atoms with van der Waals surface area (Å²) in [4.78, 5) is 28.7. The Morgan fingerprint density at radius 3 is 1.33 bits per heavy atom. The maximum atomic E-state index is 12.8. The minimum atomic E-state index is -5.02. The summed E-state index contributed by atoms with van der Waals surface area (Å²) in [6, 6.07) is 46.8. The Morgan fingerprint density at radius 2 is 0.910 bits per heavy atom. The Labute approximate surface area is 434 Å². The third-order valence-corrected chi connectivity index (χ3v) is 10.7. The third-order valence-electron chi connectivity index (χ3n) is 9.20. The Kier molecular flexibility index (Phi) is 18.2. The van der Waals surface area contributed by atoms with Gasteiger partial charge in [0.2, 0.25) is 35.7 Å². The van der Waals surface area contributed by atoms with Crippen molar-refractivity contribution in [1.29, 1.82) is 0 Å². The fraction of sp³-hybridized carbons (Fsp3) is 0.0222.